The van der Waals surface area contributed by atoms with Crippen molar-refractivity contribution in [1.29, 1.82) is 0 Å². The lowest BCUT2D eigenvalue weighted by molar-refractivity contribution is -0.144. The van der Waals surface area contributed by atoms with Crippen molar-refractivity contribution >= 4 is 38.3 Å². The van der Waals surface area contributed by atoms with Gasteiger partial charge < -0.3 is 15.2 Å². The molecule has 0 saturated heterocycles. The fourth-order valence-electron chi connectivity index (χ4n) is 3.11. The maximum Gasteiger partial charge on any atom is 0.316 e. The molecule has 2 aromatic heterocycles. The van der Waals surface area contributed by atoms with Gasteiger partial charge in [-0.2, -0.15) is 0 Å². The highest BCUT2D eigenvalue weighted by Crippen LogP contribution is 2.45. The Morgan fingerprint density at radius 1 is 1.07 bits per heavy atom. The van der Waals surface area contributed by atoms with E-state index < -0.39 is 11.4 Å². The predicted molar refractivity (Wildman–Crippen MR) is 115 cm³/mol. The Hall–Kier alpha value is -3.52. The molecule has 1 aliphatic rings. The maximum absolute atomic E-state index is 11.2. The highest BCUT2D eigenvalue weighted by Gasteiger charge is 2.51. The average Bonchev–Trinajstić information content (AvgIpc) is 3.46. The second-order valence-corrected chi connectivity index (χ2v) is 8.35. The summed E-state index contributed by atoms with van der Waals surface area (Å²) in [5.74, 6) is -0.821. The number of nitrogens with one attached hydrogen (secondary N) is 1. The van der Waals surface area contributed by atoms with E-state index in [0.29, 0.717) is 12.8 Å². The quantitative estimate of drug-likeness (QED) is 0.447. The average molecular weight is 418 g/mol. The predicted octanol–water partition coefficient (Wildman–Crippen LogP) is 4.74. The van der Waals surface area contributed by atoms with Gasteiger partial charge in [0, 0.05) is 23.6 Å². The number of para-hydroxylation sites is 1. The minimum Gasteiger partial charge on any atom is -0.481 e. The van der Waals surface area contributed by atoms with Crippen LogP contribution in [0.1, 0.15) is 12.8 Å². The van der Waals surface area contributed by atoms with E-state index in [2.05, 4.69) is 26.3 Å². The van der Waals surface area contributed by atoms with Gasteiger partial charge in [0.1, 0.15) is 12.0 Å². The van der Waals surface area contributed by atoms with E-state index in [0.717, 1.165) is 32.2 Å². The highest BCUT2D eigenvalue weighted by molar-refractivity contribution is 7.22. The van der Waals surface area contributed by atoms with E-state index in [1.165, 1.54) is 0 Å². The lowest BCUT2D eigenvalue weighted by atomic mass is 10.1. The largest absolute Gasteiger partial charge is 0.481 e. The Labute approximate surface area is 176 Å². The molecule has 1 aliphatic carbocycles. The summed E-state index contributed by atoms with van der Waals surface area (Å²) in [6.07, 6.45) is 4.63. The van der Waals surface area contributed by atoms with Gasteiger partial charge in [0.15, 0.2) is 5.13 Å². The third-order valence-corrected chi connectivity index (χ3v) is 6.13. The first-order chi connectivity index (χ1) is 14.6. The number of aliphatic carboxylic acids is 1. The second kappa shape index (κ2) is 7.38. The van der Waals surface area contributed by atoms with Crippen LogP contribution in [0.15, 0.2) is 60.9 Å². The molecule has 2 N–H and O–H groups in total. The van der Waals surface area contributed by atoms with Crippen LogP contribution in [0, 0.1) is 5.41 Å². The molecule has 2 heterocycles. The zero-order chi connectivity index (χ0) is 20.6. The lowest BCUT2D eigenvalue weighted by Crippen LogP contribution is -2.23. The number of carbonyl (C=O) groups is 1. The summed E-state index contributed by atoms with van der Waals surface area (Å²) in [7, 11) is 0. The maximum atomic E-state index is 11.2. The fourth-order valence-corrected chi connectivity index (χ4v) is 3.99. The van der Waals surface area contributed by atoms with E-state index in [1.807, 2.05) is 42.5 Å². The summed E-state index contributed by atoms with van der Waals surface area (Å²) in [5.41, 5.74) is 3.00. The highest BCUT2D eigenvalue weighted by atomic mass is 32.1. The van der Waals surface area contributed by atoms with Gasteiger partial charge in [-0.3, -0.25) is 4.79 Å². The Balaban J connectivity index is 1.24. The first-order valence-electron chi connectivity index (χ1n) is 9.53. The summed E-state index contributed by atoms with van der Waals surface area (Å²) in [6.45, 7) is 0.105. The number of rotatable bonds is 7. The van der Waals surface area contributed by atoms with Crippen molar-refractivity contribution in [3.05, 3.63) is 60.9 Å². The number of anilines is 2. The molecule has 0 radical (unpaired) electrons. The number of hydrogen-bond donors (Lipinski definition) is 2. The monoisotopic (exact) mass is 418 g/mol. The van der Waals surface area contributed by atoms with Crippen LogP contribution in [-0.2, 0) is 4.79 Å². The van der Waals surface area contributed by atoms with Gasteiger partial charge >= 0.3 is 12.0 Å². The molecule has 0 aliphatic heterocycles. The third-order valence-electron chi connectivity index (χ3n) is 5.18. The van der Waals surface area contributed by atoms with Crippen LogP contribution >= 0.6 is 11.3 Å². The molecule has 0 atom stereocenters. The molecule has 150 valence electrons. The van der Waals surface area contributed by atoms with Crippen LogP contribution in [0.4, 0.5) is 10.8 Å². The van der Waals surface area contributed by atoms with Gasteiger partial charge in [-0.1, -0.05) is 35.6 Å². The second-order valence-electron chi connectivity index (χ2n) is 7.32. The summed E-state index contributed by atoms with van der Waals surface area (Å²) >= 11 is 1.61. The molecule has 0 unspecified atom stereocenters. The molecule has 4 aromatic rings. The first kappa shape index (κ1) is 18.5. The van der Waals surface area contributed by atoms with E-state index in [9.17, 15) is 9.90 Å². The van der Waals surface area contributed by atoms with Gasteiger partial charge in [0.2, 0.25) is 0 Å². The Bertz CT molecular complexity index is 1170. The molecule has 2 aromatic carbocycles. The molecule has 0 amide bonds. The van der Waals surface area contributed by atoms with E-state index in [-0.39, 0.29) is 12.6 Å². The Morgan fingerprint density at radius 3 is 2.47 bits per heavy atom. The molecular formula is C22H18N4O3S. The summed E-state index contributed by atoms with van der Waals surface area (Å²) in [5, 5.41) is 13.4. The van der Waals surface area contributed by atoms with Crippen molar-refractivity contribution in [3.8, 4) is 17.1 Å². The van der Waals surface area contributed by atoms with E-state index >= 15 is 0 Å². The van der Waals surface area contributed by atoms with Crippen molar-refractivity contribution in [2.45, 2.75) is 12.8 Å². The molecule has 0 spiro atoms. The minimum atomic E-state index is -0.821. The topological polar surface area (TPSA) is 97.2 Å². The van der Waals surface area contributed by atoms with Crippen molar-refractivity contribution in [2.75, 3.05) is 11.9 Å². The van der Waals surface area contributed by atoms with Crippen LogP contribution in [0.2, 0.25) is 0 Å². The smallest absolute Gasteiger partial charge is 0.316 e. The fraction of sp³-hybridized carbons (Fsp3) is 0.182. The Kier molecular flexibility index (Phi) is 4.55. The molecule has 1 saturated carbocycles. The normalized spacial score (nSPS) is 14.4. The third kappa shape index (κ3) is 3.69. The summed E-state index contributed by atoms with van der Waals surface area (Å²) in [4.78, 5) is 24.2. The zero-order valence-corrected chi connectivity index (χ0v) is 16.7. The van der Waals surface area contributed by atoms with E-state index in [4.69, 9.17) is 4.74 Å². The SMILES string of the molecule is O=C(O)C1(COc2ncc(-c3ccc(Nc4nc5ccccc5s4)cc3)cn2)CC1. The van der Waals surface area contributed by atoms with Gasteiger partial charge in [-0.15, -0.1) is 0 Å². The standard InChI is InChI=1S/C22H18N4O3S/c27-19(28)22(9-10-22)13-29-20-23-11-15(12-24-20)14-5-7-16(8-6-14)25-21-26-17-3-1-2-4-18(17)30-21/h1-8,11-12H,9-10,13H2,(H,25,26)(H,27,28). The number of carboxylic acids is 1. The number of fused-ring (bicyclic) bond motifs is 1. The van der Waals surface area contributed by atoms with Crippen molar-refractivity contribution in [1.82, 2.24) is 15.0 Å². The molecule has 8 heteroatoms. The number of ether oxygens (including phenoxy) is 1. The van der Waals surface area contributed by atoms with Crippen molar-refractivity contribution in [3.63, 3.8) is 0 Å². The number of nitrogens with zero attached hydrogens (tertiary/aromatic N) is 3. The number of carboxylic acid groups (broad SMARTS) is 1. The molecule has 1 fully saturated rings. The van der Waals surface area contributed by atoms with Crippen LogP contribution in [0.25, 0.3) is 21.3 Å². The molecule has 0 bridgehead atoms. The van der Waals surface area contributed by atoms with Gasteiger partial charge in [0.05, 0.1) is 10.2 Å². The van der Waals surface area contributed by atoms with Gasteiger partial charge in [-0.25, -0.2) is 15.0 Å². The van der Waals surface area contributed by atoms with Gasteiger partial charge in [0.25, 0.3) is 0 Å². The number of thiazole rings is 1. The number of aromatic nitrogens is 3. The first-order valence-corrected chi connectivity index (χ1v) is 10.3. The molecular weight excluding hydrogens is 400 g/mol. The zero-order valence-electron chi connectivity index (χ0n) is 15.9. The molecule has 7 nitrogen and oxygen atoms in total. The van der Waals surface area contributed by atoms with E-state index in [1.54, 1.807) is 23.7 Å². The summed E-state index contributed by atoms with van der Waals surface area (Å²) < 4.78 is 6.62. The minimum absolute atomic E-state index is 0.105. The number of benzene rings is 2. The van der Waals surface area contributed by atoms with Crippen LogP contribution in [-0.4, -0.2) is 32.6 Å². The van der Waals surface area contributed by atoms with Crippen molar-refractivity contribution < 1.29 is 14.6 Å². The Morgan fingerprint density at radius 2 is 1.80 bits per heavy atom. The van der Waals surface area contributed by atoms with Crippen LogP contribution in [0.5, 0.6) is 6.01 Å². The lowest BCUT2D eigenvalue weighted by Gasteiger charge is -2.10. The molecule has 30 heavy (non-hydrogen) atoms. The van der Waals surface area contributed by atoms with Crippen LogP contribution < -0.4 is 10.1 Å². The molecule has 5 rings (SSSR count). The van der Waals surface area contributed by atoms with Crippen molar-refractivity contribution in [2.24, 2.45) is 5.41 Å². The van der Waals surface area contributed by atoms with Gasteiger partial charge in [-0.05, 0) is 42.7 Å². The number of hydrogen-bond acceptors (Lipinski definition) is 7. The summed E-state index contributed by atoms with van der Waals surface area (Å²) in [6, 6.07) is 16.2. The van der Waals surface area contributed by atoms with Crippen LogP contribution in [0.3, 0.4) is 0 Å².